The van der Waals surface area contributed by atoms with Gasteiger partial charge in [0.2, 0.25) is 0 Å². The second-order valence-corrected chi connectivity index (χ2v) is 6.62. The van der Waals surface area contributed by atoms with Gasteiger partial charge in [-0.1, -0.05) is 67.3 Å². The number of hydrogen-bond donors (Lipinski definition) is 0. The van der Waals surface area contributed by atoms with Gasteiger partial charge in [-0.3, -0.25) is 0 Å². The maximum Gasteiger partial charge on any atom is 0.0812 e. The quantitative estimate of drug-likeness (QED) is 0.357. The highest BCUT2D eigenvalue weighted by Crippen LogP contribution is 2.38. The molecule has 0 amide bonds. The topological polar surface area (TPSA) is 12.9 Å². The van der Waals surface area contributed by atoms with Crippen molar-refractivity contribution < 1.29 is 0 Å². The minimum Gasteiger partial charge on any atom is -0.245 e. The second-order valence-electron chi connectivity index (χ2n) is 5.73. The summed E-state index contributed by atoms with van der Waals surface area (Å²) < 4.78 is 1.26. The predicted octanol–water partition coefficient (Wildman–Crippen LogP) is 6.20. The van der Waals surface area contributed by atoms with Crippen LogP contribution in [0.4, 0.5) is 0 Å². The van der Waals surface area contributed by atoms with E-state index in [2.05, 4.69) is 60.1 Å². The zero-order chi connectivity index (χ0) is 16.4. The molecule has 0 aliphatic heterocycles. The summed E-state index contributed by atoms with van der Waals surface area (Å²) in [4.78, 5) is 4.14. The first-order chi connectivity index (χ1) is 11.9. The largest absolute Gasteiger partial charge is 0.245 e. The molecule has 0 spiro atoms. The van der Waals surface area contributed by atoms with E-state index in [4.69, 9.17) is 0 Å². The number of nitrogens with zero attached hydrogens (tertiary/aromatic N) is 1. The Morgan fingerprint density at radius 3 is 2.54 bits per heavy atom. The number of para-hydroxylation sites is 1. The van der Waals surface area contributed by atoms with Crippen LogP contribution in [0.15, 0.2) is 78.8 Å². The molecule has 0 atom stereocenters. The fourth-order valence-electron chi connectivity index (χ4n) is 3.18. The summed E-state index contributed by atoms with van der Waals surface area (Å²) in [5.74, 6) is 0. The summed E-state index contributed by atoms with van der Waals surface area (Å²) in [6.45, 7) is 3.87. The fourth-order valence-corrected chi connectivity index (χ4v) is 3.86. The van der Waals surface area contributed by atoms with Gasteiger partial charge in [0.1, 0.15) is 0 Å². The number of thiazole rings is 1. The van der Waals surface area contributed by atoms with Crippen molar-refractivity contribution in [3.05, 3.63) is 95.5 Å². The zero-order valence-corrected chi connectivity index (χ0v) is 14.1. The third-order valence-corrected chi connectivity index (χ3v) is 5.15. The lowest BCUT2D eigenvalue weighted by molar-refractivity contribution is 1.25. The molecule has 0 bridgehead atoms. The maximum atomic E-state index is 4.14. The average Bonchev–Trinajstić information content (AvgIpc) is 3.26. The predicted molar refractivity (Wildman–Crippen MR) is 104 cm³/mol. The Kier molecular flexibility index (Phi) is 3.97. The third kappa shape index (κ3) is 2.66. The van der Waals surface area contributed by atoms with Crippen LogP contribution >= 0.6 is 11.3 Å². The molecule has 1 aliphatic rings. The van der Waals surface area contributed by atoms with E-state index in [-0.39, 0.29) is 0 Å². The van der Waals surface area contributed by atoms with Gasteiger partial charge in [-0.2, -0.15) is 0 Å². The van der Waals surface area contributed by atoms with Crippen molar-refractivity contribution in [2.75, 3.05) is 0 Å². The van der Waals surface area contributed by atoms with Crippen molar-refractivity contribution in [1.29, 1.82) is 0 Å². The molecule has 1 heterocycles. The third-order valence-electron chi connectivity index (χ3n) is 4.34. The Morgan fingerprint density at radius 1 is 0.875 bits per heavy atom. The van der Waals surface area contributed by atoms with Gasteiger partial charge in [0.05, 0.1) is 15.7 Å². The summed E-state index contributed by atoms with van der Waals surface area (Å²) in [5.41, 5.74) is 9.85. The average molecular weight is 327 g/mol. The lowest BCUT2D eigenvalue weighted by Crippen LogP contribution is -1.84. The molecular weight excluding hydrogens is 310 g/mol. The molecule has 3 aromatic carbocycles. The van der Waals surface area contributed by atoms with Crippen LogP contribution in [0.25, 0.3) is 27.4 Å². The Morgan fingerprint density at radius 2 is 1.67 bits per heavy atom. The van der Waals surface area contributed by atoms with Crippen molar-refractivity contribution in [1.82, 2.24) is 4.98 Å². The second kappa shape index (κ2) is 6.42. The molecule has 0 N–H and O–H groups in total. The van der Waals surface area contributed by atoms with Gasteiger partial charge in [-0.15, -0.1) is 11.3 Å². The van der Waals surface area contributed by atoms with Crippen LogP contribution < -0.4 is 0 Å². The van der Waals surface area contributed by atoms with E-state index in [0.29, 0.717) is 0 Å². The van der Waals surface area contributed by atoms with Crippen LogP contribution in [-0.4, -0.2) is 4.98 Å². The normalized spacial score (nSPS) is 11.3. The highest BCUT2D eigenvalue weighted by Gasteiger charge is 2.18. The van der Waals surface area contributed by atoms with E-state index in [0.717, 1.165) is 11.9 Å². The number of benzene rings is 3. The van der Waals surface area contributed by atoms with Crippen LogP contribution in [0.5, 0.6) is 0 Å². The molecule has 116 valence electrons. The lowest BCUT2D eigenvalue weighted by atomic mass is 10.0. The summed E-state index contributed by atoms with van der Waals surface area (Å²) in [7, 11) is 0. The number of aromatic nitrogens is 1. The van der Waals surface area contributed by atoms with Crippen LogP contribution in [0.2, 0.25) is 0 Å². The molecule has 1 nitrogen and oxygen atoms in total. The van der Waals surface area contributed by atoms with Gasteiger partial charge in [-0.05, 0) is 46.4 Å². The summed E-state index contributed by atoms with van der Waals surface area (Å²) in [6, 6.07) is 23.2. The molecule has 1 aliphatic carbocycles. The molecule has 24 heavy (non-hydrogen) atoms. The Balaban J connectivity index is 0.000000138. The van der Waals surface area contributed by atoms with E-state index >= 15 is 0 Å². The highest BCUT2D eigenvalue weighted by molar-refractivity contribution is 7.16. The smallest absolute Gasteiger partial charge is 0.0812 e. The van der Waals surface area contributed by atoms with Crippen molar-refractivity contribution in [2.24, 2.45) is 0 Å². The van der Waals surface area contributed by atoms with Crippen molar-refractivity contribution >= 4 is 27.6 Å². The first-order valence-electron chi connectivity index (χ1n) is 7.97. The van der Waals surface area contributed by atoms with Gasteiger partial charge in [-0.25, -0.2) is 4.98 Å². The molecule has 0 saturated carbocycles. The number of rotatable bonds is 1. The first-order valence-corrected chi connectivity index (χ1v) is 8.85. The van der Waals surface area contributed by atoms with E-state index in [1.807, 2.05) is 29.8 Å². The van der Waals surface area contributed by atoms with Crippen LogP contribution in [0.1, 0.15) is 16.7 Å². The van der Waals surface area contributed by atoms with Crippen LogP contribution in [-0.2, 0) is 6.42 Å². The molecule has 0 unspecified atom stereocenters. The first kappa shape index (κ1) is 14.9. The Hall–Kier alpha value is -2.71. The summed E-state index contributed by atoms with van der Waals surface area (Å²) in [6.07, 6.45) is 3.00. The molecule has 2 heteroatoms. The molecule has 4 aromatic rings. The van der Waals surface area contributed by atoms with Crippen molar-refractivity contribution in [3.63, 3.8) is 0 Å². The monoisotopic (exact) mass is 327 g/mol. The maximum absolute atomic E-state index is 4.14. The van der Waals surface area contributed by atoms with Crippen LogP contribution in [0.3, 0.4) is 0 Å². The molecule has 5 rings (SSSR count). The van der Waals surface area contributed by atoms with Gasteiger partial charge in [0.15, 0.2) is 0 Å². The van der Waals surface area contributed by atoms with Gasteiger partial charge < -0.3 is 0 Å². The molecule has 0 fully saturated rings. The summed E-state index contributed by atoms with van der Waals surface area (Å²) >= 11 is 1.68. The van der Waals surface area contributed by atoms with E-state index in [1.165, 1.54) is 32.5 Å². The van der Waals surface area contributed by atoms with Crippen molar-refractivity contribution in [3.8, 4) is 11.1 Å². The van der Waals surface area contributed by atoms with Gasteiger partial charge >= 0.3 is 0 Å². The SMILES string of the molecule is C=Cc1cccc2c1Cc1ccccc1-2.c1ccc2scnc2c1. The Labute approximate surface area is 145 Å². The van der Waals surface area contributed by atoms with E-state index < -0.39 is 0 Å². The molecule has 0 saturated heterocycles. The molecule has 0 radical (unpaired) electrons. The minimum atomic E-state index is 1.05. The minimum absolute atomic E-state index is 1.05. The van der Waals surface area contributed by atoms with Gasteiger partial charge in [0, 0.05) is 0 Å². The fraction of sp³-hybridized carbons (Fsp3) is 0.0455. The number of hydrogen-bond acceptors (Lipinski definition) is 2. The lowest BCUT2D eigenvalue weighted by Gasteiger charge is -2.03. The molecular formula is C22H17NS. The summed E-state index contributed by atoms with van der Waals surface area (Å²) in [5, 5.41) is 0. The van der Waals surface area contributed by atoms with E-state index in [1.54, 1.807) is 11.3 Å². The van der Waals surface area contributed by atoms with Gasteiger partial charge in [0.25, 0.3) is 0 Å². The zero-order valence-electron chi connectivity index (χ0n) is 13.3. The molecule has 1 aromatic heterocycles. The highest BCUT2D eigenvalue weighted by atomic mass is 32.1. The Bertz CT molecular complexity index is 983. The van der Waals surface area contributed by atoms with Crippen molar-refractivity contribution in [2.45, 2.75) is 6.42 Å². The number of fused-ring (bicyclic) bond motifs is 4. The van der Waals surface area contributed by atoms with E-state index in [9.17, 15) is 0 Å². The van der Waals surface area contributed by atoms with Crippen LogP contribution in [0, 0.1) is 0 Å². The standard InChI is InChI=1S/C15H12.C7H5NS/c1-2-11-7-5-9-14-13-8-4-3-6-12(13)10-15(11)14;1-2-4-7-6(3-1)8-5-9-7/h2-9H,1,10H2;1-5H.